The third-order valence-electron chi connectivity index (χ3n) is 2.47. The Kier molecular flexibility index (Phi) is 5.49. The van der Waals surface area contributed by atoms with Crippen LogP contribution in [0.4, 0.5) is 10.5 Å². The van der Waals surface area contributed by atoms with Crippen molar-refractivity contribution >= 4 is 11.7 Å². The lowest BCUT2D eigenvalue weighted by Gasteiger charge is -2.23. The molecule has 94 valence electrons. The third kappa shape index (κ3) is 4.07. The highest BCUT2D eigenvalue weighted by atomic mass is 16.2. The predicted molar refractivity (Wildman–Crippen MR) is 71.3 cm³/mol. The van der Waals surface area contributed by atoms with E-state index < -0.39 is 0 Å². The van der Waals surface area contributed by atoms with Crippen molar-refractivity contribution in [3.63, 3.8) is 0 Å². The van der Waals surface area contributed by atoms with E-state index in [2.05, 4.69) is 5.32 Å². The van der Waals surface area contributed by atoms with Gasteiger partial charge >= 0.3 is 6.03 Å². The number of carbonyl (C=O) groups excluding carboxylic acids is 1. The molecule has 1 rings (SSSR count). The molecule has 3 N–H and O–H groups in total. The molecule has 0 saturated carbocycles. The summed E-state index contributed by atoms with van der Waals surface area (Å²) in [7, 11) is 0. The highest BCUT2D eigenvalue weighted by Gasteiger charge is 2.13. The van der Waals surface area contributed by atoms with Crippen LogP contribution in [0.1, 0.15) is 18.9 Å². The van der Waals surface area contributed by atoms with E-state index in [-0.39, 0.29) is 6.03 Å². The van der Waals surface area contributed by atoms with Crippen LogP contribution in [0.3, 0.4) is 0 Å². The van der Waals surface area contributed by atoms with Crippen molar-refractivity contribution in [2.75, 3.05) is 24.5 Å². The molecule has 0 unspecified atom stereocenters. The summed E-state index contributed by atoms with van der Waals surface area (Å²) in [6.07, 6.45) is 0.797. The molecule has 1 aromatic rings. The fraction of sp³-hybridized carbons (Fsp3) is 0.462. The summed E-state index contributed by atoms with van der Waals surface area (Å²) < 4.78 is 0. The Hall–Kier alpha value is -1.55. The first kappa shape index (κ1) is 13.5. The number of nitrogens with zero attached hydrogens (tertiary/aromatic N) is 1. The third-order valence-corrected chi connectivity index (χ3v) is 2.47. The fourth-order valence-electron chi connectivity index (χ4n) is 1.64. The summed E-state index contributed by atoms with van der Waals surface area (Å²) in [5.41, 5.74) is 7.56. The Labute approximate surface area is 103 Å². The van der Waals surface area contributed by atoms with Crippen molar-refractivity contribution in [3.8, 4) is 0 Å². The quantitative estimate of drug-likeness (QED) is 0.818. The van der Waals surface area contributed by atoms with Gasteiger partial charge in [-0.3, -0.25) is 4.90 Å². The number of urea groups is 1. The van der Waals surface area contributed by atoms with Crippen LogP contribution in [0.5, 0.6) is 0 Å². The van der Waals surface area contributed by atoms with Crippen LogP contribution in [0.15, 0.2) is 24.3 Å². The summed E-state index contributed by atoms with van der Waals surface area (Å²) in [6, 6.07) is 7.86. The average molecular weight is 235 g/mol. The van der Waals surface area contributed by atoms with Gasteiger partial charge in [0.05, 0.1) is 0 Å². The Morgan fingerprint density at radius 2 is 2.24 bits per heavy atom. The topological polar surface area (TPSA) is 58.4 Å². The van der Waals surface area contributed by atoms with Gasteiger partial charge in [-0.1, -0.05) is 12.1 Å². The summed E-state index contributed by atoms with van der Waals surface area (Å²) in [6.45, 7) is 5.79. The van der Waals surface area contributed by atoms with Crippen LogP contribution < -0.4 is 16.0 Å². The minimum absolute atomic E-state index is 0.0634. The highest BCUT2D eigenvalue weighted by Crippen LogP contribution is 2.16. The van der Waals surface area contributed by atoms with Gasteiger partial charge in [-0.05, 0) is 44.5 Å². The molecular formula is C13H21N3O. The molecule has 2 amide bonds. The zero-order valence-electron chi connectivity index (χ0n) is 10.6. The number of nitrogens with one attached hydrogen (secondary N) is 1. The molecular weight excluding hydrogens is 214 g/mol. The lowest BCUT2D eigenvalue weighted by atomic mass is 10.2. The summed E-state index contributed by atoms with van der Waals surface area (Å²) in [5, 5.41) is 2.82. The minimum Gasteiger partial charge on any atom is -0.338 e. The second kappa shape index (κ2) is 6.91. The first-order chi connectivity index (χ1) is 8.19. The van der Waals surface area contributed by atoms with Crippen molar-refractivity contribution in [2.45, 2.75) is 20.3 Å². The van der Waals surface area contributed by atoms with Gasteiger partial charge in [0.1, 0.15) is 0 Å². The van der Waals surface area contributed by atoms with Gasteiger partial charge in [-0.15, -0.1) is 0 Å². The number of hydrogen-bond donors (Lipinski definition) is 2. The van der Waals surface area contributed by atoms with Crippen molar-refractivity contribution in [3.05, 3.63) is 29.8 Å². The lowest BCUT2D eigenvalue weighted by molar-refractivity contribution is 0.246. The van der Waals surface area contributed by atoms with Crippen molar-refractivity contribution < 1.29 is 4.79 Å². The molecule has 1 aromatic carbocycles. The van der Waals surface area contributed by atoms with Gasteiger partial charge in [-0.25, -0.2) is 4.79 Å². The van der Waals surface area contributed by atoms with Gasteiger partial charge in [0.25, 0.3) is 0 Å². The molecule has 0 fully saturated rings. The molecule has 0 aliphatic rings. The van der Waals surface area contributed by atoms with E-state index in [0.717, 1.165) is 17.7 Å². The second-order valence-electron chi connectivity index (χ2n) is 3.97. The van der Waals surface area contributed by atoms with Crippen LogP contribution in [0, 0.1) is 6.92 Å². The number of nitrogens with two attached hydrogens (primary N) is 1. The maximum atomic E-state index is 11.9. The van der Waals surface area contributed by atoms with Crippen molar-refractivity contribution in [2.24, 2.45) is 5.73 Å². The first-order valence-corrected chi connectivity index (χ1v) is 6.01. The van der Waals surface area contributed by atoms with Crippen LogP contribution in [0.2, 0.25) is 0 Å². The normalized spacial score (nSPS) is 10.1. The monoisotopic (exact) mass is 235 g/mol. The molecule has 0 aliphatic heterocycles. The van der Waals surface area contributed by atoms with E-state index in [1.54, 1.807) is 4.90 Å². The molecule has 4 heteroatoms. The molecule has 0 aromatic heterocycles. The van der Waals surface area contributed by atoms with Crippen LogP contribution >= 0.6 is 0 Å². The number of aryl methyl sites for hydroxylation is 1. The van der Waals surface area contributed by atoms with E-state index in [1.165, 1.54) is 0 Å². The molecule has 0 bridgehead atoms. The molecule has 4 nitrogen and oxygen atoms in total. The van der Waals surface area contributed by atoms with Gasteiger partial charge in [-0.2, -0.15) is 0 Å². The van der Waals surface area contributed by atoms with Crippen molar-refractivity contribution in [1.29, 1.82) is 0 Å². The molecule has 0 atom stereocenters. The van der Waals surface area contributed by atoms with Gasteiger partial charge in [0.2, 0.25) is 0 Å². The lowest BCUT2D eigenvalue weighted by Crippen LogP contribution is -2.41. The summed E-state index contributed by atoms with van der Waals surface area (Å²) in [5.74, 6) is 0. The smallest absolute Gasteiger partial charge is 0.321 e. The zero-order chi connectivity index (χ0) is 12.7. The Bertz CT molecular complexity index is 365. The largest absolute Gasteiger partial charge is 0.338 e. The predicted octanol–water partition coefficient (Wildman–Crippen LogP) is 1.88. The molecule has 0 spiro atoms. The number of amides is 2. The van der Waals surface area contributed by atoms with Crippen LogP contribution in [-0.4, -0.2) is 25.7 Å². The van der Waals surface area contributed by atoms with E-state index in [0.29, 0.717) is 19.6 Å². The average Bonchev–Trinajstić information content (AvgIpc) is 2.30. The molecule has 0 saturated heterocycles. The molecule has 0 aliphatic carbocycles. The minimum atomic E-state index is -0.0634. The maximum Gasteiger partial charge on any atom is 0.321 e. The van der Waals surface area contributed by atoms with E-state index in [4.69, 9.17) is 5.73 Å². The second-order valence-corrected chi connectivity index (χ2v) is 3.97. The molecule has 17 heavy (non-hydrogen) atoms. The van der Waals surface area contributed by atoms with E-state index >= 15 is 0 Å². The fourth-order valence-corrected chi connectivity index (χ4v) is 1.64. The number of anilines is 1. The Morgan fingerprint density at radius 1 is 1.47 bits per heavy atom. The standard InChI is InChI=1S/C13H21N3O/c1-3-15-13(17)16(9-5-8-14)12-7-4-6-11(2)10-12/h4,6-7,10H,3,5,8-9,14H2,1-2H3,(H,15,17). The SMILES string of the molecule is CCNC(=O)N(CCCN)c1cccc(C)c1. The highest BCUT2D eigenvalue weighted by molar-refractivity contribution is 5.91. The van der Waals surface area contributed by atoms with Crippen LogP contribution in [0.25, 0.3) is 0 Å². The number of rotatable bonds is 5. The molecule has 0 heterocycles. The summed E-state index contributed by atoms with van der Waals surface area (Å²) >= 11 is 0. The van der Waals surface area contributed by atoms with Crippen molar-refractivity contribution in [1.82, 2.24) is 5.32 Å². The molecule has 0 radical (unpaired) electrons. The number of carbonyl (C=O) groups is 1. The van der Waals surface area contributed by atoms with Gasteiger partial charge < -0.3 is 11.1 Å². The van der Waals surface area contributed by atoms with E-state index in [1.807, 2.05) is 38.1 Å². The maximum absolute atomic E-state index is 11.9. The van der Waals surface area contributed by atoms with Crippen LogP contribution in [-0.2, 0) is 0 Å². The summed E-state index contributed by atoms with van der Waals surface area (Å²) in [4.78, 5) is 13.7. The zero-order valence-corrected chi connectivity index (χ0v) is 10.6. The Morgan fingerprint density at radius 3 is 2.82 bits per heavy atom. The van der Waals surface area contributed by atoms with Gasteiger partial charge in [0.15, 0.2) is 0 Å². The van der Waals surface area contributed by atoms with Gasteiger partial charge in [0, 0.05) is 18.8 Å². The van der Waals surface area contributed by atoms with E-state index in [9.17, 15) is 4.79 Å². The number of hydrogen-bond acceptors (Lipinski definition) is 2. The Balaban J connectivity index is 2.85. The first-order valence-electron chi connectivity index (χ1n) is 6.01. The number of benzene rings is 1.